The van der Waals surface area contributed by atoms with Crippen molar-refractivity contribution in [3.63, 3.8) is 0 Å². The highest BCUT2D eigenvalue weighted by atomic mass is 32.2. The van der Waals surface area contributed by atoms with E-state index in [4.69, 9.17) is 0 Å². The summed E-state index contributed by atoms with van der Waals surface area (Å²) in [7, 11) is 0. The molecule has 1 unspecified atom stereocenters. The van der Waals surface area contributed by atoms with Crippen molar-refractivity contribution in [3.8, 4) is 0 Å². The van der Waals surface area contributed by atoms with E-state index in [1.807, 2.05) is 24.3 Å². The average Bonchev–Trinajstić information content (AvgIpc) is 2.85. The second-order valence-corrected chi connectivity index (χ2v) is 5.80. The van der Waals surface area contributed by atoms with E-state index in [9.17, 15) is 0 Å². The van der Waals surface area contributed by atoms with E-state index in [2.05, 4.69) is 53.8 Å². The zero-order chi connectivity index (χ0) is 12.4. The molecular formula is C15H14N2S. The predicted molar refractivity (Wildman–Crippen MR) is 77.5 cm³/mol. The van der Waals surface area contributed by atoms with Crippen molar-refractivity contribution in [1.82, 2.24) is 5.43 Å². The minimum Gasteiger partial charge on any atom is -0.288 e. The van der Waals surface area contributed by atoms with Crippen LogP contribution in [0.5, 0.6) is 0 Å². The van der Waals surface area contributed by atoms with Crippen LogP contribution in [0.3, 0.4) is 0 Å². The van der Waals surface area contributed by atoms with Gasteiger partial charge in [-0.15, -0.1) is 0 Å². The Morgan fingerprint density at radius 1 is 0.944 bits per heavy atom. The van der Waals surface area contributed by atoms with Crippen molar-refractivity contribution < 1.29 is 0 Å². The van der Waals surface area contributed by atoms with Gasteiger partial charge in [-0.05, 0) is 12.5 Å². The van der Waals surface area contributed by atoms with Gasteiger partial charge in [0, 0.05) is 5.56 Å². The summed E-state index contributed by atoms with van der Waals surface area (Å²) >= 11 is 1.76. The third-order valence-corrected chi connectivity index (χ3v) is 4.27. The Labute approximate surface area is 111 Å². The molecule has 2 aromatic rings. The molecule has 1 atom stereocenters. The van der Waals surface area contributed by atoms with E-state index in [0.717, 1.165) is 10.6 Å². The number of nitrogens with one attached hydrogen (secondary N) is 1. The quantitative estimate of drug-likeness (QED) is 0.886. The summed E-state index contributed by atoms with van der Waals surface area (Å²) in [5.74, 6) is 0. The number of hydrogen-bond acceptors (Lipinski definition) is 3. The fourth-order valence-electron chi connectivity index (χ4n) is 1.98. The van der Waals surface area contributed by atoms with Gasteiger partial charge in [-0.3, -0.25) is 5.43 Å². The molecule has 0 fully saturated rings. The lowest BCUT2D eigenvalue weighted by atomic mass is 10.1. The average molecular weight is 254 g/mol. The molecule has 2 aromatic carbocycles. The fourth-order valence-corrected chi connectivity index (χ4v) is 3.06. The summed E-state index contributed by atoms with van der Waals surface area (Å²) < 4.78 is 0. The van der Waals surface area contributed by atoms with Crippen molar-refractivity contribution >= 4 is 16.8 Å². The standard InChI is InChI=1S/C15H14N2S/c1-15(13-10-6-3-7-11-13)17-16-14(18-15)12-8-4-2-5-9-12/h2-11,17H,1H3. The van der Waals surface area contributed by atoms with Crippen molar-refractivity contribution in [2.24, 2.45) is 5.10 Å². The zero-order valence-corrected chi connectivity index (χ0v) is 10.9. The van der Waals surface area contributed by atoms with Gasteiger partial charge in [-0.2, -0.15) is 5.10 Å². The highest BCUT2D eigenvalue weighted by molar-refractivity contribution is 8.15. The Morgan fingerprint density at radius 2 is 1.56 bits per heavy atom. The SMILES string of the molecule is CC1(c2ccccc2)NN=C(c2ccccc2)S1. The molecule has 0 spiro atoms. The maximum absolute atomic E-state index is 4.47. The van der Waals surface area contributed by atoms with Crippen LogP contribution in [0.1, 0.15) is 18.1 Å². The summed E-state index contributed by atoms with van der Waals surface area (Å²) in [6, 6.07) is 20.7. The molecule has 1 aliphatic rings. The first-order valence-electron chi connectivity index (χ1n) is 5.93. The molecule has 2 nitrogen and oxygen atoms in total. The molecule has 0 aromatic heterocycles. The third-order valence-electron chi connectivity index (χ3n) is 3.02. The van der Waals surface area contributed by atoms with E-state index < -0.39 is 0 Å². The van der Waals surface area contributed by atoms with Crippen LogP contribution in [-0.2, 0) is 4.87 Å². The van der Waals surface area contributed by atoms with Crippen LogP contribution < -0.4 is 5.43 Å². The summed E-state index contributed by atoms with van der Waals surface area (Å²) in [5, 5.41) is 5.51. The van der Waals surface area contributed by atoms with Gasteiger partial charge in [0.2, 0.25) is 0 Å². The van der Waals surface area contributed by atoms with Gasteiger partial charge in [-0.1, -0.05) is 72.4 Å². The Bertz CT molecular complexity index is 566. The van der Waals surface area contributed by atoms with Crippen LogP contribution in [0, 0.1) is 0 Å². The maximum Gasteiger partial charge on any atom is 0.128 e. The summed E-state index contributed by atoms with van der Waals surface area (Å²) in [5.41, 5.74) is 5.65. The minimum atomic E-state index is -0.174. The topological polar surface area (TPSA) is 24.4 Å². The van der Waals surface area contributed by atoms with Crippen molar-refractivity contribution in [1.29, 1.82) is 0 Å². The summed E-state index contributed by atoms with van der Waals surface area (Å²) in [6.45, 7) is 2.16. The van der Waals surface area contributed by atoms with Crippen LogP contribution in [-0.4, -0.2) is 5.04 Å². The molecule has 3 rings (SSSR count). The highest BCUT2D eigenvalue weighted by Gasteiger charge is 2.34. The molecule has 90 valence electrons. The van der Waals surface area contributed by atoms with E-state index in [1.165, 1.54) is 5.56 Å². The molecule has 18 heavy (non-hydrogen) atoms. The lowest BCUT2D eigenvalue weighted by Gasteiger charge is -2.23. The smallest absolute Gasteiger partial charge is 0.128 e. The normalized spacial score (nSPS) is 22.4. The van der Waals surface area contributed by atoms with E-state index >= 15 is 0 Å². The fraction of sp³-hybridized carbons (Fsp3) is 0.133. The van der Waals surface area contributed by atoms with Gasteiger partial charge >= 0.3 is 0 Å². The van der Waals surface area contributed by atoms with Crippen LogP contribution in [0.25, 0.3) is 0 Å². The molecule has 1 aliphatic heterocycles. The Morgan fingerprint density at radius 3 is 2.22 bits per heavy atom. The van der Waals surface area contributed by atoms with Crippen LogP contribution in [0.4, 0.5) is 0 Å². The third kappa shape index (κ3) is 2.02. The first-order chi connectivity index (χ1) is 8.78. The van der Waals surface area contributed by atoms with Crippen molar-refractivity contribution in [2.45, 2.75) is 11.8 Å². The molecule has 3 heteroatoms. The monoisotopic (exact) mass is 254 g/mol. The summed E-state index contributed by atoms with van der Waals surface area (Å²) in [6.07, 6.45) is 0. The second kappa shape index (κ2) is 4.50. The molecular weight excluding hydrogens is 240 g/mol. The van der Waals surface area contributed by atoms with E-state index in [-0.39, 0.29) is 4.87 Å². The largest absolute Gasteiger partial charge is 0.288 e. The molecule has 1 N–H and O–H groups in total. The van der Waals surface area contributed by atoms with Gasteiger partial charge < -0.3 is 0 Å². The highest BCUT2D eigenvalue weighted by Crippen LogP contribution is 2.39. The van der Waals surface area contributed by atoms with Crippen LogP contribution in [0.2, 0.25) is 0 Å². The summed E-state index contributed by atoms with van der Waals surface area (Å²) in [4.78, 5) is -0.174. The maximum atomic E-state index is 4.47. The Kier molecular flexibility index (Phi) is 2.84. The van der Waals surface area contributed by atoms with Crippen LogP contribution in [0.15, 0.2) is 65.8 Å². The number of nitrogens with zero attached hydrogens (tertiary/aromatic N) is 1. The van der Waals surface area contributed by atoms with Gasteiger partial charge in [-0.25, -0.2) is 0 Å². The van der Waals surface area contributed by atoms with Crippen LogP contribution >= 0.6 is 11.8 Å². The molecule has 0 saturated carbocycles. The Balaban J connectivity index is 1.86. The first-order valence-corrected chi connectivity index (χ1v) is 6.74. The zero-order valence-electron chi connectivity index (χ0n) is 10.1. The first kappa shape index (κ1) is 11.4. The van der Waals surface area contributed by atoms with E-state index in [1.54, 1.807) is 11.8 Å². The van der Waals surface area contributed by atoms with E-state index in [0.29, 0.717) is 0 Å². The number of rotatable bonds is 2. The number of hydrogen-bond donors (Lipinski definition) is 1. The number of thioether (sulfide) groups is 1. The second-order valence-electron chi connectivity index (χ2n) is 4.40. The number of hydrazone groups is 1. The van der Waals surface area contributed by atoms with Gasteiger partial charge in [0.1, 0.15) is 9.91 Å². The molecule has 0 saturated heterocycles. The van der Waals surface area contributed by atoms with Gasteiger partial charge in [0.15, 0.2) is 0 Å². The lowest BCUT2D eigenvalue weighted by molar-refractivity contribution is 0.563. The number of benzene rings is 2. The molecule has 0 radical (unpaired) electrons. The molecule has 0 bridgehead atoms. The molecule has 0 aliphatic carbocycles. The Hall–Kier alpha value is -1.74. The van der Waals surface area contributed by atoms with Crippen molar-refractivity contribution in [3.05, 3.63) is 71.8 Å². The van der Waals surface area contributed by atoms with Crippen molar-refractivity contribution in [2.75, 3.05) is 0 Å². The van der Waals surface area contributed by atoms with Gasteiger partial charge in [0.05, 0.1) is 0 Å². The molecule has 0 amide bonds. The lowest BCUT2D eigenvalue weighted by Crippen LogP contribution is -2.28. The predicted octanol–water partition coefficient (Wildman–Crippen LogP) is 3.56. The molecule has 1 heterocycles. The minimum absolute atomic E-state index is 0.174. The van der Waals surface area contributed by atoms with Gasteiger partial charge in [0.25, 0.3) is 0 Å².